The number of hydrogen-bond donors (Lipinski definition) is 2. The maximum Gasteiger partial charge on any atom is 0.188 e. The molecule has 1 saturated carbocycles. The Kier molecular flexibility index (Phi) is 4.02. The Morgan fingerprint density at radius 3 is 2.72 bits per heavy atom. The summed E-state index contributed by atoms with van der Waals surface area (Å²) in [6.07, 6.45) is 6.95. The third kappa shape index (κ3) is 2.55. The number of pyridine rings is 1. The molecule has 0 amide bonds. The van der Waals surface area contributed by atoms with Gasteiger partial charge >= 0.3 is 0 Å². The van der Waals surface area contributed by atoms with Gasteiger partial charge in [-0.2, -0.15) is 0 Å². The van der Waals surface area contributed by atoms with Crippen LogP contribution in [0.5, 0.6) is 0 Å². The molecule has 0 spiro atoms. The van der Waals surface area contributed by atoms with E-state index >= 15 is 0 Å². The van der Waals surface area contributed by atoms with E-state index in [2.05, 4.69) is 22.0 Å². The Hall–Kier alpha value is -1.78. The molecule has 5 nitrogen and oxygen atoms in total. The zero-order valence-electron chi connectivity index (χ0n) is 10.7. The van der Waals surface area contributed by atoms with Crippen molar-refractivity contribution in [2.45, 2.75) is 38.6 Å². The Morgan fingerprint density at radius 2 is 2.22 bits per heavy atom. The molecule has 1 aliphatic carbocycles. The lowest BCUT2D eigenvalue weighted by molar-refractivity contribution is 0.318. The second-order valence-corrected chi connectivity index (χ2v) is 4.61. The summed E-state index contributed by atoms with van der Waals surface area (Å²) < 4.78 is 0. The average Bonchev–Trinajstić information content (AvgIpc) is 2.93. The van der Waals surface area contributed by atoms with Crippen LogP contribution in [0.25, 0.3) is 0 Å². The standard InChI is InChI=1S/C13H20N4O/c1-2-17(10-5-3-4-6-10)11-7-8-12(15-9-11)13(14)16-18/h7-10,18H,2-6H2,1H3,(H2,14,16). The van der Waals surface area contributed by atoms with E-state index in [0.29, 0.717) is 11.7 Å². The minimum Gasteiger partial charge on any atom is -0.409 e. The molecule has 98 valence electrons. The molecule has 0 aromatic carbocycles. The highest BCUT2D eigenvalue weighted by atomic mass is 16.4. The third-order valence-corrected chi connectivity index (χ3v) is 3.56. The molecule has 5 heteroatoms. The number of nitrogens with zero attached hydrogens (tertiary/aromatic N) is 3. The summed E-state index contributed by atoms with van der Waals surface area (Å²) in [5, 5.41) is 11.5. The van der Waals surface area contributed by atoms with Gasteiger partial charge < -0.3 is 15.8 Å². The van der Waals surface area contributed by atoms with Crippen LogP contribution in [0.2, 0.25) is 0 Å². The molecular weight excluding hydrogens is 228 g/mol. The van der Waals surface area contributed by atoms with Gasteiger partial charge in [0, 0.05) is 12.6 Å². The molecule has 1 aliphatic rings. The van der Waals surface area contributed by atoms with Gasteiger partial charge in [0.15, 0.2) is 5.84 Å². The van der Waals surface area contributed by atoms with Crippen LogP contribution in [0.15, 0.2) is 23.5 Å². The molecule has 1 fully saturated rings. The maximum absolute atomic E-state index is 8.60. The molecule has 0 unspecified atom stereocenters. The van der Waals surface area contributed by atoms with Crippen molar-refractivity contribution in [3.63, 3.8) is 0 Å². The Morgan fingerprint density at radius 1 is 1.50 bits per heavy atom. The van der Waals surface area contributed by atoms with Crippen LogP contribution in [-0.4, -0.2) is 28.6 Å². The van der Waals surface area contributed by atoms with Crippen molar-refractivity contribution >= 4 is 11.5 Å². The second kappa shape index (κ2) is 5.71. The zero-order valence-corrected chi connectivity index (χ0v) is 10.7. The normalized spacial score (nSPS) is 17.1. The molecule has 1 aromatic heterocycles. The largest absolute Gasteiger partial charge is 0.409 e. The van der Waals surface area contributed by atoms with E-state index in [9.17, 15) is 0 Å². The zero-order chi connectivity index (χ0) is 13.0. The van der Waals surface area contributed by atoms with Crippen molar-refractivity contribution in [2.75, 3.05) is 11.4 Å². The van der Waals surface area contributed by atoms with Crippen molar-refractivity contribution in [3.05, 3.63) is 24.0 Å². The quantitative estimate of drug-likeness (QED) is 0.369. The van der Waals surface area contributed by atoms with Gasteiger partial charge in [0.05, 0.1) is 11.9 Å². The molecule has 0 radical (unpaired) electrons. The van der Waals surface area contributed by atoms with Gasteiger partial charge in [0.1, 0.15) is 5.69 Å². The summed E-state index contributed by atoms with van der Waals surface area (Å²) in [6.45, 7) is 3.14. The smallest absolute Gasteiger partial charge is 0.188 e. The number of amidine groups is 1. The molecule has 0 aliphatic heterocycles. The van der Waals surface area contributed by atoms with Crippen LogP contribution in [0.4, 0.5) is 5.69 Å². The van der Waals surface area contributed by atoms with Gasteiger partial charge in [-0.05, 0) is 31.9 Å². The number of hydrogen-bond acceptors (Lipinski definition) is 4. The van der Waals surface area contributed by atoms with Crippen molar-refractivity contribution < 1.29 is 5.21 Å². The molecule has 0 atom stereocenters. The summed E-state index contributed by atoms with van der Waals surface area (Å²) in [5.74, 6) is 0.0467. The van der Waals surface area contributed by atoms with Crippen molar-refractivity contribution in [2.24, 2.45) is 10.9 Å². The first-order valence-corrected chi connectivity index (χ1v) is 6.47. The van der Waals surface area contributed by atoms with Crippen molar-refractivity contribution in [3.8, 4) is 0 Å². The Bertz CT molecular complexity index is 410. The molecular formula is C13H20N4O. The monoisotopic (exact) mass is 248 g/mol. The first-order chi connectivity index (χ1) is 8.76. The first kappa shape index (κ1) is 12.7. The van der Waals surface area contributed by atoms with Crippen LogP contribution in [0, 0.1) is 0 Å². The molecule has 0 saturated heterocycles. The predicted octanol–water partition coefficient (Wildman–Crippen LogP) is 1.95. The number of aromatic nitrogens is 1. The molecule has 1 aromatic rings. The number of nitrogens with two attached hydrogens (primary N) is 1. The summed E-state index contributed by atoms with van der Waals surface area (Å²) >= 11 is 0. The van der Waals surface area contributed by atoms with Gasteiger partial charge in [-0.25, -0.2) is 0 Å². The second-order valence-electron chi connectivity index (χ2n) is 4.61. The van der Waals surface area contributed by atoms with Crippen molar-refractivity contribution in [1.82, 2.24) is 4.98 Å². The predicted molar refractivity (Wildman–Crippen MR) is 72.0 cm³/mol. The maximum atomic E-state index is 8.60. The third-order valence-electron chi connectivity index (χ3n) is 3.56. The minimum absolute atomic E-state index is 0.0467. The van der Waals surface area contributed by atoms with Crippen LogP contribution in [0.1, 0.15) is 38.3 Å². The van der Waals surface area contributed by atoms with E-state index in [1.165, 1.54) is 25.7 Å². The fourth-order valence-electron chi connectivity index (χ4n) is 2.63. The highest BCUT2D eigenvalue weighted by Gasteiger charge is 2.21. The van der Waals surface area contributed by atoms with Crippen molar-refractivity contribution in [1.29, 1.82) is 0 Å². The molecule has 3 N–H and O–H groups in total. The molecule has 2 rings (SSSR count). The fraction of sp³-hybridized carbons (Fsp3) is 0.538. The number of anilines is 1. The summed E-state index contributed by atoms with van der Waals surface area (Å²) in [4.78, 5) is 6.62. The van der Waals surface area contributed by atoms with E-state index in [1.807, 2.05) is 6.07 Å². The molecule has 1 heterocycles. The minimum atomic E-state index is 0.0467. The molecule has 18 heavy (non-hydrogen) atoms. The van der Waals surface area contributed by atoms with Crippen LogP contribution in [0.3, 0.4) is 0 Å². The van der Waals surface area contributed by atoms with E-state index < -0.39 is 0 Å². The first-order valence-electron chi connectivity index (χ1n) is 6.47. The summed E-state index contributed by atoms with van der Waals surface area (Å²) in [5.41, 5.74) is 7.11. The van der Waals surface area contributed by atoms with E-state index in [-0.39, 0.29) is 5.84 Å². The Balaban J connectivity index is 2.16. The lowest BCUT2D eigenvalue weighted by atomic mass is 10.2. The SMILES string of the molecule is CCN(c1ccc(/C(N)=N/O)nc1)C1CCCC1. The van der Waals surface area contributed by atoms with Gasteiger partial charge in [-0.1, -0.05) is 18.0 Å². The number of rotatable bonds is 4. The average molecular weight is 248 g/mol. The van der Waals surface area contributed by atoms with Crippen LogP contribution in [-0.2, 0) is 0 Å². The molecule has 0 bridgehead atoms. The fourth-order valence-corrected chi connectivity index (χ4v) is 2.63. The van der Waals surface area contributed by atoms with E-state index in [0.717, 1.165) is 12.2 Å². The van der Waals surface area contributed by atoms with Crippen LogP contribution < -0.4 is 10.6 Å². The Labute approximate surface area is 107 Å². The lowest BCUT2D eigenvalue weighted by Crippen LogP contribution is -2.33. The van der Waals surface area contributed by atoms with Gasteiger partial charge in [-0.3, -0.25) is 4.98 Å². The van der Waals surface area contributed by atoms with E-state index in [1.54, 1.807) is 12.3 Å². The van der Waals surface area contributed by atoms with Gasteiger partial charge in [0.2, 0.25) is 0 Å². The number of oxime groups is 1. The van der Waals surface area contributed by atoms with Gasteiger partial charge in [0.25, 0.3) is 0 Å². The van der Waals surface area contributed by atoms with E-state index in [4.69, 9.17) is 10.9 Å². The highest BCUT2D eigenvalue weighted by molar-refractivity contribution is 5.95. The lowest BCUT2D eigenvalue weighted by Gasteiger charge is -2.29. The summed E-state index contributed by atoms with van der Waals surface area (Å²) in [7, 11) is 0. The summed E-state index contributed by atoms with van der Waals surface area (Å²) in [6, 6.07) is 4.41. The van der Waals surface area contributed by atoms with Crippen LogP contribution >= 0.6 is 0 Å². The highest BCUT2D eigenvalue weighted by Crippen LogP contribution is 2.27. The van der Waals surface area contributed by atoms with Gasteiger partial charge in [-0.15, -0.1) is 0 Å². The topological polar surface area (TPSA) is 74.7 Å².